The lowest BCUT2D eigenvalue weighted by atomic mass is 10.0. The number of esters is 3. The first-order chi connectivity index (χ1) is 29.5. The third-order valence-electron chi connectivity index (χ3n) is 11.4. The van der Waals surface area contributed by atoms with Crippen LogP contribution in [0.5, 0.6) is 0 Å². The minimum Gasteiger partial charge on any atom is -0.462 e. The zero-order chi connectivity index (χ0) is 43.7. The summed E-state index contributed by atoms with van der Waals surface area (Å²) < 4.78 is 16.7. The molecule has 0 heterocycles. The summed E-state index contributed by atoms with van der Waals surface area (Å²) in [5.41, 5.74) is 0. The molecule has 0 unspecified atom stereocenters. The van der Waals surface area contributed by atoms with Gasteiger partial charge in [-0.3, -0.25) is 14.4 Å². The molecule has 0 N–H and O–H groups in total. The van der Waals surface area contributed by atoms with E-state index >= 15 is 0 Å². The fourth-order valence-electron chi connectivity index (χ4n) is 7.46. The molecular weight excluding hydrogens is 745 g/mol. The van der Waals surface area contributed by atoms with Crippen LogP contribution in [-0.2, 0) is 28.6 Å². The average molecular weight is 843 g/mol. The van der Waals surface area contributed by atoms with Crippen LogP contribution >= 0.6 is 0 Å². The van der Waals surface area contributed by atoms with E-state index in [9.17, 15) is 14.4 Å². The number of unbranched alkanes of at least 4 members (excludes halogenated alkanes) is 30. The molecule has 0 aliphatic carbocycles. The molecule has 0 rings (SSSR count). The number of rotatable bonds is 47. The van der Waals surface area contributed by atoms with Crippen molar-refractivity contribution in [2.24, 2.45) is 0 Å². The molecule has 0 saturated carbocycles. The predicted octanol–water partition coefficient (Wildman–Crippen LogP) is 16.9. The van der Waals surface area contributed by atoms with Gasteiger partial charge in [0, 0.05) is 19.3 Å². The van der Waals surface area contributed by atoms with Crippen molar-refractivity contribution in [1.29, 1.82) is 0 Å². The smallest absolute Gasteiger partial charge is 0.306 e. The van der Waals surface area contributed by atoms with Crippen molar-refractivity contribution in [1.82, 2.24) is 0 Å². The van der Waals surface area contributed by atoms with Gasteiger partial charge in [0.2, 0.25) is 0 Å². The van der Waals surface area contributed by atoms with E-state index in [1.54, 1.807) is 0 Å². The summed E-state index contributed by atoms with van der Waals surface area (Å²) in [5.74, 6) is -0.930. The van der Waals surface area contributed by atoms with E-state index in [4.69, 9.17) is 14.2 Å². The van der Waals surface area contributed by atoms with Crippen molar-refractivity contribution < 1.29 is 28.6 Å². The molecule has 350 valence electrons. The summed E-state index contributed by atoms with van der Waals surface area (Å²) in [6, 6.07) is 0. The summed E-state index contributed by atoms with van der Waals surface area (Å²) >= 11 is 0. The highest BCUT2D eigenvalue weighted by Crippen LogP contribution is 2.15. The molecule has 6 heteroatoms. The first kappa shape index (κ1) is 57.6. The Balaban J connectivity index is 4.43. The summed E-state index contributed by atoms with van der Waals surface area (Å²) in [6.45, 7) is 6.60. The molecule has 0 amide bonds. The number of ether oxygens (including phenoxy) is 3. The minimum atomic E-state index is -0.792. The molecule has 0 aromatic heterocycles. The van der Waals surface area contributed by atoms with Gasteiger partial charge in [-0.05, 0) is 51.4 Å². The molecular formula is C54H98O6. The van der Waals surface area contributed by atoms with E-state index in [0.717, 1.165) is 57.8 Å². The summed E-state index contributed by atoms with van der Waals surface area (Å²) in [4.78, 5) is 37.9. The second-order valence-electron chi connectivity index (χ2n) is 17.4. The Bertz CT molecular complexity index is 1020. The van der Waals surface area contributed by atoms with Crippen molar-refractivity contribution in [3.63, 3.8) is 0 Å². The third kappa shape index (κ3) is 46.7. The maximum absolute atomic E-state index is 12.8. The molecule has 0 fully saturated rings. The minimum absolute atomic E-state index is 0.0879. The van der Waals surface area contributed by atoms with Crippen LogP contribution in [0, 0.1) is 0 Å². The molecule has 0 bridgehead atoms. The van der Waals surface area contributed by atoms with Crippen LogP contribution in [0.15, 0.2) is 36.5 Å². The maximum atomic E-state index is 12.8. The quantitative estimate of drug-likeness (QED) is 0.0263. The second kappa shape index (κ2) is 49.3. The number of carbonyl (C=O) groups is 3. The van der Waals surface area contributed by atoms with Crippen LogP contribution in [0.4, 0.5) is 0 Å². The molecule has 0 spiro atoms. The first-order valence-electron chi connectivity index (χ1n) is 26.0. The van der Waals surface area contributed by atoms with Gasteiger partial charge in [0.05, 0.1) is 0 Å². The van der Waals surface area contributed by atoms with Crippen LogP contribution in [0.2, 0.25) is 0 Å². The van der Waals surface area contributed by atoms with Crippen molar-refractivity contribution >= 4 is 17.9 Å². The standard InChI is InChI=1S/C54H98O6/c1-4-7-10-13-16-19-22-25-26-27-28-30-33-36-39-42-45-48-54(57)60-51(49-58-52(55)46-43-40-37-34-31-24-21-18-15-12-9-6-3)50-59-53(56)47-44-41-38-35-32-29-23-20-17-14-11-8-5-2/h25-26,28,30,36,39,51H,4-24,27,29,31-35,37-38,40-50H2,1-3H3/b26-25-,30-28-,39-36-/t51-/m0/s1. The third-order valence-corrected chi connectivity index (χ3v) is 11.4. The van der Waals surface area contributed by atoms with Crippen LogP contribution in [-0.4, -0.2) is 37.2 Å². The van der Waals surface area contributed by atoms with E-state index in [1.165, 1.54) is 167 Å². The predicted molar refractivity (Wildman–Crippen MR) is 256 cm³/mol. The lowest BCUT2D eigenvalue weighted by Gasteiger charge is -2.18. The van der Waals surface area contributed by atoms with Gasteiger partial charge >= 0.3 is 17.9 Å². The molecule has 0 aliphatic rings. The lowest BCUT2D eigenvalue weighted by Crippen LogP contribution is -2.30. The van der Waals surface area contributed by atoms with Crippen molar-refractivity contribution in [3.05, 3.63) is 36.5 Å². The number of hydrogen-bond donors (Lipinski definition) is 0. The Morgan fingerprint density at radius 3 is 0.983 bits per heavy atom. The van der Waals surface area contributed by atoms with Gasteiger partial charge in [0.15, 0.2) is 6.10 Å². The van der Waals surface area contributed by atoms with Crippen molar-refractivity contribution in [2.75, 3.05) is 13.2 Å². The van der Waals surface area contributed by atoms with Crippen LogP contribution < -0.4 is 0 Å². The van der Waals surface area contributed by atoms with E-state index in [0.29, 0.717) is 19.3 Å². The molecule has 6 nitrogen and oxygen atoms in total. The molecule has 0 radical (unpaired) electrons. The highest BCUT2D eigenvalue weighted by Gasteiger charge is 2.19. The lowest BCUT2D eigenvalue weighted by molar-refractivity contribution is -0.167. The number of hydrogen-bond acceptors (Lipinski definition) is 6. The summed E-state index contributed by atoms with van der Waals surface area (Å²) in [5, 5.41) is 0. The van der Waals surface area contributed by atoms with E-state index in [1.807, 2.05) is 0 Å². The maximum Gasteiger partial charge on any atom is 0.306 e. The Morgan fingerprint density at radius 2 is 0.617 bits per heavy atom. The highest BCUT2D eigenvalue weighted by molar-refractivity contribution is 5.71. The Morgan fingerprint density at radius 1 is 0.333 bits per heavy atom. The topological polar surface area (TPSA) is 78.9 Å². The SMILES string of the molecule is CCCCCCCC/C=C\C/C=C\C/C=C\CCCC(=O)O[C@@H](COC(=O)CCCCCCCCCCCCCC)COC(=O)CCCCCCCCCCCCCCC. The molecule has 0 aliphatic heterocycles. The van der Waals surface area contributed by atoms with Crippen LogP contribution in [0.25, 0.3) is 0 Å². The zero-order valence-electron chi connectivity index (χ0n) is 40.0. The largest absolute Gasteiger partial charge is 0.462 e. The molecule has 1 atom stereocenters. The highest BCUT2D eigenvalue weighted by atomic mass is 16.6. The van der Waals surface area contributed by atoms with Gasteiger partial charge in [-0.25, -0.2) is 0 Å². The van der Waals surface area contributed by atoms with Crippen LogP contribution in [0.3, 0.4) is 0 Å². The fourth-order valence-corrected chi connectivity index (χ4v) is 7.46. The van der Waals surface area contributed by atoms with Gasteiger partial charge in [-0.1, -0.05) is 237 Å². The molecule has 0 aromatic rings. The van der Waals surface area contributed by atoms with E-state index in [2.05, 4.69) is 57.2 Å². The van der Waals surface area contributed by atoms with E-state index < -0.39 is 6.10 Å². The van der Waals surface area contributed by atoms with Gasteiger partial charge < -0.3 is 14.2 Å². The Labute approximate surface area is 372 Å². The van der Waals surface area contributed by atoms with E-state index in [-0.39, 0.29) is 37.5 Å². The number of carbonyl (C=O) groups excluding carboxylic acids is 3. The second-order valence-corrected chi connectivity index (χ2v) is 17.4. The number of allylic oxidation sites excluding steroid dienone is 6. The fraction of sp³-hybridized carbons (Fsp3) is 0.833. The van der Waals surface area contributed by atoms with Gasteiger partial charge in [-0.2, -0.15) is 0 Å². The van der Waals surface area contributed by atoms with Crippen molar-refractivity contribution in [2.45, 2.75) is 277 Å². The average Bonchev–Trinajstić information content (AvgIpc) is 3.24. The molecule has 0 saturated heterocycles. The van der Waals surface area contributed by atoms with Crippen molar-refractivity contribution in [3.8, 4) is 0 Å². The summed E-state index contributed by atoms with van der Waals surface area (Å²) in [6.07, 6.45) is 57.0. The van der Waals surface area contributed by atoms with Gasteiger partial charge in [0.1, 0.15) is 13.2 Å². The monoisotopic (exact) mass is 843 g/mol. The van der Waals surface area contributed by atoms with Gasteiger partial charge in [0.25, 0.3) is 0 Å². The molecule has 60 heavy (non-hydrogen) atoms. The van der Waals surface area contributed by atoms with Gasteiger partial charge in [-0.15, -0.1) is 0 Å². The Kier molecular flexibility index (Phi) is 47.3. The summed E-state index contributed by atoms with van der Waals surface area (Å²) in [7, 11) is 0. The normalized spacial score (nSPS) is 12.2. The van der Waals surface area contributed by atoms with Crippen LogP contribution in [0.1, 0.15) is 271 Å². The molecule has 0 aromatic carbocycles. The Hall–Kier alpha value is -2.37. The zero-order valence-corrected chi connectivity index (χ0v) is 40.0. The first-order valence-corrected chi connectivity index (χ1v) is 26.0.